The molecule has 0 aliphatic heterocycles. The minimum atomic E-state index is -0.346. The molecule has 0 aliphatic carbocycles. The van der Waals surface area contributed by atoms with Crippen LogP contribution in [0.15, 0.2) is 53.8 Å². The fraction of sp³-hybridized carbons (Fsp3) is 0. The Kier molecular flexibility index (Phi) is 3.22. The summed E-state index contributed by atoms with van der Waals surface area (Å²) in [5, 5.41) is 2.75. The fourth-order valence-corrected chi connectivity index (χ4v) is 1.86. The summed E-state index contributed by atoms with van der Waals surface area (Å²) in [5.74, 6) is 0.364. The topological polar surface area (TPSA) is 73.0 Å². The normalized spacial score (nSPS) is 10.4. The van der Waals surface area contributed by atoms with Gasteiger partial charge in [0.05, 0.1) is 23.7 Å². The summed E-state index contributed by atoms with van der Waals surface area (Å²) < 4.78 is 6.63. The minimum absolute atomic E-state index is 0.0606. The molecule has 3 heterocycles. The van der Waals surface area contributed by atoms with Crippen molar-refractivity contribution in [1.82, 2.24) is 14.5 Å². The Labute approximate surface area is 119 Å². The van der Waals surface area contributed by atoms with Crippen molar-refractivity contribution in [3.63, 3.8) is 0 Å². The molecule has 3 rings (SSSR count). The van der Waals surface area contributed by atoms with Crippen molar-refractivity contribution in [1.29, 1.82) is 0 Å². The Hall–Kier alpha value is -2.60. The van der Waals surface area contributed by atoms with Crippen LogP contribution in [0.5, 0.6) is 0 Å². The maximum atomic E-state index is 11.9. The molecule has 0 unspecified atom stereocenters. The Morgan fingerprint density at radius 3 is 2.85 bits per heavy atom. The molecule has 0 saturated heterocycles. The van der Waals surface area contributed by atoms with E-state index in [1.165, 1.54) is 12.3 Å². The van der Waals surface area contributed by atoms with E-state index in [4.69, 9.17) is 16.0 Å². The lowest BCUT2D eigenvalue weighted by Gasteiger charge is -2.05. The predicted molar refractivity (Wildman–Crippen MR) is 73.0 cm³/mol. The summed E-state index contributed by atoms with van der Waals surface area (Å²) in [5.41, 5.74) is 0.849. The molecule has 3 aromatic rings. The van der Waals surface area contributed by atoms with Crippen LogP contribution in [0.4, 0.5) is 5.69 Å². The number of nitrogens with zero attached hydrogens (tertiary/aromatic N) is 3. The van der Waals surface area contributed by atoms with Gasteiger partial charge in [-0.2, -0.15) is 0 Å². The zero-order valence-corrected chi connectivity index (χ0v) is 10.9. The van der Waals surface area contributed by atoms with Crippen molar-refractivity contribution in [2.45, 2.75) is 0 Å². The minimum Gasteiger partial charge on any atom is -0.452 e. The highest BCUT2D eigenvalue weighted by molar-refractivity contribution is 6.32. The van der Waals surface area contributed by atoms with Crippen molar-refractivity contribution in [3.8, 4) is 5.82 Å². The van der Waals surface area contributed by atoms with Gasteiger partial charge in [-0.3, -0.25) is 9.36 Å². The van der Waals surface area contributed by atoms with Gasteiger partial charge in [0, 0.05) is 12.4 Å². The maximum absolute atomic E-state index is 11.9. The van der Waals surface area contributed by atoms with E-state index in [0.717, 1.165) is 0 Å². The molecule has 0 spiro atoms. The Morgan fingerprint density at radius 2 is 2.25 bits per heavy atom. The molecule has 100 valence electrons. The largest absolute Gasteiger partial charge is 0.452 e. The van der Waals surface area contributed by atoms with Crippen LogP contribution in [-0.2, 0) is 0 Å². The molecule has 0 aliphatic rings. The van der Waals surface area contributed by atoms with Gasteiger partial charge < -0.3 is 9.73 Å². The molecule has 1 N–H and O–H groups in total. The third kappa shape index (κ3) is 2.41. The van der Waals surface area contributed by atoms with E-state index in [1.54, 1.807) is 41.6 Å². The lowest BCUT2D eigenvalue weighted by atomic mass is 10.3. The summed E-state index contributed by atoms with van der Waals surface area (Å²) >= 11 is 5.74. The molecular weight excluding hydrogens is 280 g/mol. The van der Waals surface area contributed by atoms with Gasteiger partial charge in [0.25, 0.3) is 5.91 Å². The van der Waals surface area contributed by atoms with E-state index < -0.39 is 0 Å². The number of carbonyl (C=O) groups excluding carboxylic acids is 1. The molecule has 1 amide bonds. The molecule has 6 nitrogen and oxygen atoms in total. The van der Waals surface area contributed by atoms with E-state index in [1.807, 2.05) is 0 Å². The van der Waals surface area contributed by atoms with Crippen molar-refractivity contribution < 1.29 is 9.21 Å². The fourth-order valence-electron chi connectivity index (χ4n) is 1.66. The average Bonchev–Trinajstić information content (AvgIpc) is 3.10. The summed E-state index contributed by atoms with van der Waals surface area (Å²) in [4.78, 5) is 20.1. The standard InChI is InChI=1S/C13H9ClN4O2/c14-12-10(3-6-20-12)13(19)17-9-1-2-11(16-7-9)18-5-4-15-8-18/h1-8H,(H,17,19). The highest BCUT2D eigenvalue weighted by atomic mass is 35.5. The summed E-state index contributed by atoms with van der Waals surface area (Å²) in [6.45, 7) is 0. The number of carbonyl (C=O) groups is 1. The van der Waals surface area contributed by atoms with Gasteiger partial charge in [-0.25, -0.2) is 9.97 Å². The van der Waals surface area contributed by atoms with Crippen molar-refractivity contribution in [2.24, 2.45) is 0 Å². The predicted octanol–water partition coefficient (Wildman–Crippen LogP) is 2.77. The van der Waals surface area contributed by atoms with E-state index in [9.17, 15) is 4.79 Å². The SMILES string of the molecule is O=C(Nc1ccc(-n2ccnc2)nc1)c1ccoc1Cl. The molecule has 0 radical (unpaired) electrons. The Balaban J connectivity index is 1.76. The molecule has 0 saturated carbocycles. The number of pyridine rings is 1. The van der Waals surface area contributed by atoms with Gasteiger partial charge in [-0.15, -0.1) is 0 Å². The number of nitrogens with one attached hydrogen (secondary N) is 1. The molecule has 0 fully saturated rings. The smallest absolute Gasteiger partial charge is 0.260 e. The molecule has 3 aromatic heterocycles. The first kappa shape index (κ1) is 12.4. The number of hydrogen-bond acceptors (Lipinski definition) is 4. The maximum Gasteiger partial charge on any atom is 0.260 e. The quantitative estimate of drug-likeness (QED) is 0.804. The number of hydrogen-bond donors (Lipinski definition) is 1. The summed E-state index contributed by atoms with van der Waals surface area (Å²) in [6.07, 6.45) is 8.01. The van der Waals surface area contributed by atoms with Gasteiger partial charge in [-0.05, 0) is 29.8 Å². The first-order chi connectivity index (χ1) is 9.74. The third-order valence-corrected chi connectivity index (χ3v) is 2.93. The van der Waals surface area contributed by atoms with Crippen LogP contribution in [0.25, 0.3) is 5.82 Å². The second kappa shape index (κ2) is 5.18. The lowest BCUT2D eigenvalue weighted by Crippen LogP contribution is -2.11. The number of halogens is 1. The number of rotatable bonds is 3. The second-order valence-corrected chi connectivity index (χ2v) is 4.28. The molecule has 0 aromatic carbocycles. The second-order valence-electron chi connectivity index (χ2n) is 3.94. The molecule has 20 heavy (non-hydrogen) atoms. The first-order valence-electron chi connectivity index (χ1n) is 5.73. The zero-order chi connectivity index (χ0) is 13.9. The third-order valence-electron chi connectivity index (χ3n) is 2.64. The van der Waals surface area contributed by atoms with Gasteiger partial charge in [0.15, 0.2) is 0 Å². The number of imidazole rings is 1. The highest BCUT2D eigenvalue weighted by Gasteiger charge is 2.13. The van der Waals surface area contributed by atoms with Crippen LogP contribution in [0.2, 0.25) is 5.22 Å². The van der Waals surface area contributed by atoms with Crippen LogP contribution in [0.1, 0.15) is 10.4 Å². The van der Waals surface area contributed by atoms with Gasteiger partial charge in [-0.1, -0.05) is 0 Å². The number of furan rings is 1. The van der Waals surface area contributed by atoms with E-state index in [-0.39, 0.29) is 16.7 Å². The number of anilines is 1. The van der Waals surface area contributed by atoms with Crippen molar-refractivity contribution in [3.05, 3.63) is 60.2 Å². The van der Waals surface area contributed by atoms with Crippen LogP contribution in [-0.4, -0.2) is 20.4 Å². The summed E-state index contributed by atoms with van der Waals surface area (Å²) in [6, 6.07) is 5.02. The van der Waals surface area contributed by atoms with E-state index in [0.29, 0.717) is 11.5 Å². The van der Waals surface area contributed by atoms with E-state index >= 15 is 0 Å². The van der Waals surface area contributed by atoms with Crippen LogP contribution in [0.3, 0.4) is 0 Å². The van der Waals surface area contributed by atoms with Crippen LogP contribution < -0.4 is 5.32 Å². The first-order valence-corrected chi connectivity index (χ1v) is 6.10. The monoisotopic (exact) mass is 288 g/mol. The number of aromatic nitrogens is 3. The van der Waals surface area contributed by atoms with Crippen LogP contribution >= 0.6 is 11.6 Å². The van der Waals surface area contributed by atoms with Crippen molar-refractivity contribution in [2.75, 3.05) is 5.32 Å². The van der Waals surface area contributed by atoms with Gasteiger partial charge in [0.1, 0.15) is 12.1 Å². The number of amides is 1. The lowest BCUT2D eigenvalue weighted by molar-refractivity contribution is 0.102. The molecule has 7 heteroatoms. The highest BCUT2D eigenvalue weighted by Crippen LogP contribution is 2.18. The van der Waals surface area contributed by atoms with Gasteiger partial charge in [0.2, 0.25) is 5.22 Å². The molecule has 0 atom stereocenters. The Morgan fingerprint density at radius 1 is 1.35 bits per heavy atom. The van der Waals surface area contributed by atoms with Gasteiger partial charge >= 0.3 is 0 Å². The van der Waals surface area contributed by atoms with Crippen molar-refractivity contribution >= 4 is 23.2 Å². The molecule has 0 bridgehead atoms. The summed E-state index contributed by atoms with van der Waals surface area (Å²) in [7, 11) is 0. The molecular formula is C13H9ClN4O2. The van der Waals surface area contributed by atoms with E-state index in [2.05, 4.69) is 15.3 Å². The average molecular weight is 289 g/mol. The Bertz CT molecular complexity index is 719. The zero-order valence-electron chi connectivity index (χ0n) is 10.2. The van der Waals surface area contributed by atoms with Crippen LogP contribution in [0, 0.1) is 0 Å².